The zero-order valence-corrected chi connectivity index (χ0v) is 19.5. The summed E-state index contributed by atoms with van der Waals surface area (Å²) in [6.45, 7) is 0. The van der Waals surface area contributed by atoms with Gasteiger partial charge < -0.3 is 5.32 Å². The second kappa shape index (κ2) is 8.69. The maximum Gasteiger partial charge on any atom is 0.263 e. The lowest BCUT2D eigenvalue weighted by atomic mass is 10.0. The fraction of sp³-hybridized carbons (Fsp3) is 0.0435. The van der Waals surface area contributed by atoms with E-state index in [-0.39, 0.29) is 15.9 Å². The van der Waals surface area contributed by atoms with Crippen LogP contribution < -0.4 is 10.0 Å². The molecule has 0 unspecified atom stereocenters. The summed E-state index contributed by atoms with van der Waals surface area (Å²) in [6, 6.07) is 15.1. The normalized spacial score (nSPS) is 11.4. The first-order valence-corrected chi connectivity index (χ1v) is 12.5. The molecule has 5 aromatic rings. The van der Waals surface area contributed by atoms with Gasteiger partial charge in [0.15, 0.2) is 5.13 Å². The Morgan fingerprint density at radius 3 is 2.59 bits per heavy atom. The molecule has 0 radical (unpaired) electrons. The highest BCUT2D eigenvalue weighted by Gasteiger charge is 2.17. The number of aryl methyl sites for hydroxylation is 1. The van der Waals surface area contributed by atoms with Gasteiger partial charge >= 0.3 is 0 Å². The molecule has 0 bridgehead atoms. The zero-order chi connectivity index (χ0) is 23.7. The smallest absolute Gasteiger partial charge is 0.263 e. The lowest BCUT2D eigenvalue weighted by molar-refractivity contribution is 0.102. The van der Waals surface area contributed by atoms with Gasteiger partial charge in [-0.25, -0.2) is 18.4 Å². The first-order valence-electron chi connectivity index (χ1n) is 10.1. The van der Waals surface area contributed by atoms with Crippen molar-refractivity contribution in [2.24, 2.45) is 7.05 Å². The van der Waals surface area contributed by atoms with Gasteiger partial charge in [-0.05, 0) is 36.4 Å². The number of benzene rings is 2. The van der Waals surface area contributed by atoms with Gasteiger partial charge in [-0.2, -0.15) is 5.10 Å². The number of thiazole rings is 1. The standard InChI is InChI=1S/C23H18N6O3S2/c1-29-14-15(13-25-29)21-12-19(18-4-2-3-5-20(18)27-21)22(30)26-16-6-8-17(9-7-16)34(31,32)28-23-24-10-11-33-23/h2-14H,1H3,(H,24,28)(H,26,30). The predicted octanol–water partition coefficient (Wildman–Crippen LogP) is 4.14. The van der Waals surface area contributed by atoms with Gasteiger partial charge in [-0.15, -0.1) is 11.3 Å². The minimum atomic E-state index is -3.77. The van der Waals surface area contributed by atoms with E-state index >= 15 is 0 Å². The highest BCUT2D eigenvalue weighted by atomic mass is 32.2. The molecule has 0 saturated heterocycles. The van der Waals surface area contributed by atoms with E-state index in [0.717, 1.165) is 5.56 Å². The molecule has 0 saturated carbocycles. The molecular formula is C23H18N6O3S2. The van der Waals surface area contributed by atoms with E-state index in [2.05, 4.69) is 25.1 Å². The number of rotatable bonds is 6. The molecule has 0 aliphatic carbocycles. The third-order valence-electron chi connectivity index (χ3n) is 5.04. The molecule has 0 atom stereocenters. The van der Waals surface area contributed by atoms with E-state index < -0.39 is 10.0 Å². The maximum absolute atomic E-state index is 13.2. The van der Waals surface area contributed by atoms with Gasteiger partial charge in [0.2, 0.25) is 0 Å². The van der Waals surface area contributed by atoms with Crippen LogP contribution in [0.15, 0.2) is 83.5 Å². The van der Waals surface area contributed by atoms with Crippen LogP contribution in [-0.2, 0) is 17.1 Å². The van der Waals surface area contributed by atoms with E-state index in [9.17, 15) is 13.2 Å². The largest absolute Gasteiger partial charge is 0.322 e. The average molecular weight is 491 g/mol. The SMILES string of the molecule is Cn1cc(-c2cc(C(=O)Nc3ccc(S(=O)(=O)Nc4nccs4)cc3)c3ccccc3n2)cn1. The molecule has 1 amide bonds. The number of nitrogens with one attached hydrogen (secondary N) is 2. The van der Waals surface area contributed by atoms with Gasteiger partial charge in [-0.3, -0.25) is 14.2 Å². The summed E-state index contributed by atoms with van der Waals surface area (Å²) in [4.78, 5) is 21.9. The molecule has 9 nitrogen and oxygen atoms in total. The van der Waals surface area contributed by atoms with Gasteiger partial charge in [0.05, 0.1) is 27.9 Å². The monoisotopic (exact) mass is 490 g/mol. The van der Waals surface area contributed by atoms with Crippen molar-refractivity contribution in [1.29, 1.82) is 0 Å². The number of carbonyl (C=O) groups is 1. The number of hydrogen-bond acceptors (Lipinski definition) is 7. The maximum atomic E-state index is 13.2. The van der Waals surface area contributed by atoms with Gasteiger partial charge in [0, 0.05) is 41.5 Å². The Kier molecular flexibility index (Phi) is 5.56. The van der Waals surface area contributed by atoms with Crippen LogP contribution in [0.25, 0.3) is 22.2 Å². The minimum absolute atomic E-state index is 0.0638. The minimum Gasteiger partial charge on any atom is -0.322 e. The van der Waals surface area contributed by atoms with Crippen LogP contribution in [0.3, 0.4) is 0 Å². The third-order valence-corrected chi connectivity index (χ3v) is 7.21. The molecule has 3 aromatic heterocycles. The fourth-order valence-electron chi connectivity index (χ4n) is 3.43. The van der Waals surface area contributed by atoms with Crippen LogP contribution in [0, 0.1) is 0 Å². The Morgan fingerprint density at radius 2 is 1.88 bits per heavy atom. The molecule has 0 fully saturated rings. The average Bonchev–Trinajstić information content (AvgIpc) is 3.50. The predicted molar refractivity (Wildman–Crippen MR) is 131 cm³/mol. The number of hydrogen-bond donors (Lipinski definition) is 2. The summed E-state index contributed by atoms with van der Waals surface area (Å²) in [6.07, 6.45) is 5.04. The van der Waals surface area contributed by atoms with Gasteiger partial charge in [-0.1, -0.05) is 18.2 Å². The van der Waals surface area contributed by atoms with Crippen molar-refractivity contribution in [3.05, 3.63) is 84.1 Å². The number of amides is 1. The fourth-order valence-corrected chi connectivity index (χ4v) is 5.22. The van der Waals surface area contributed by atoms with E-state index in [4.69, 9.17) is 0 Å². The van der Waals surface area contributed by atoms with Crippen LogP contribution in [0.1, 0.15) is 10.4 Å². The van der Waals surface area contributed by atoms with Crippen molar-refractivity contribution in [3.8, 4) is 11.3 Å². The molecule has 34 heavy (non-hydrogen) atoms. The lowest BCUT2D eigenvalue weighted by Crippen LogP contribution is -2.14. The quantitative estimate of drug-likeness (QED) is 0.369. The summed E-state index contributed by atoms with van der Waals surface area (Å²) in [5.41, 5.74) is 3.02. The molecule has 2 aromatic carbocycles. The van der Waals surface area contributed by atoms with Crippen LogP contribution >= 0.6 is 11.3 Å². The van der Waals surface area contributed by atoms with E-state index in [1.807, 2.05) is 37.5 Å². The molecule has 5 rings (SSSR count). The van der Waals surface area contributed by atoms with Crippen molar-refractivity contribution in [1.82, 2.24) is 19.7 Å². The summed E-state index contributed by atoms with van der Waals surface area (Å²) in [5.74, 6) is -0.333. The van der Waals surface area contributed by atoms with Crippen molar-refractivity contribution in [2.45, 2.75) is 4.90 Å². The van der Waals surface area contributed by atoms with Crippen LogP contribution in [0.2, 0.25) is 0 Å². The Labute approximate surface area is 199 Å². The van der Waals surface area contributed by atoms with Gasteiger partial charge in [0.1, 0.15) is 0 Å². The number of fused-ring (bicyclic) bond motifs is 1. The number of aromatic nitrogens is 4. The number of anilines is 2. The number of sulfonamides is 1. The van der Waals surface area contributed by atoms with Crippen LogP contribution in [0.5, 0.6) is 0 Å². The van der Waals surface area contributed by atoms with E-state index in [1.165, 1.54) is 29.7 Å². The number of para-hydroxylation sites is 1. The Bertz CT molecular complexity index is 1590. The molecular weight excluding hydrogens is 472 g/mol. The Hall–Kier alpha value is -4.09. The number of pyridine rings is 1. The van der Waals surface area contributed by atoms with Crippen LogP contribution in [0.4, 0.5) is 10.8 Å². The second-order valence-corrected chi connectivity index (χ2v) is 9.97. The van der Waals surface area contributed by atoms with Crippen molar-refractivity contribution in [2.75, 3.05) is 10.0 Å². The summed E-state index contributed by atoms with van der Waals surface area (Å²) in [5, 5.41) is 9.70. The topological polar surface area (TPSA) is 119 Å². The Balaban J connectivity index is 1.42. The summed E-state index contributed by atoms with van der Waals surface area (Å²) < 4.78 is 29.2. The van der Waals surface area contributed by atoms with Crippen molar-refractivity contribution in [3.63, 3.8) is 0 Å². The molecule has 11 heteroatoms. The number of carbonyl (C=O) groups excluding carboxylic acids is 1. The first kappa shape index (κ1) is 21.7. The molecule has 3 heterocycles. The molecule has 0 aliphatic rings. The molecule has 0 aliphatic heterocycles. The molecule has 2 N–H and O–H groups in total. The van der Waals surface area contributed by atoms with Crippen LogP contribution in [-0.4, -0.2) is 34.1 Å². The first-order chi connectivity index (χ1) is 16.4. The lowest BCUT2D eigenvalue weighted by Gasteiger charge is -2.11. The van der Waals surface area contributed by atoms with Gasteiger partial charge in [0.25, 0.3) is 15.9 Å². The number of nitrogens with zero attached hydrogens (tertiary/aromatic N) is 4. The molecule has 0 spiro atoms. The van der Waals surface area contributed by atoms with Crippen molar-refractivity contribution < 1.29 is 13.2 Å². The second-order valence-electron chi connectivity index (χ2n) is 7.40. The summed E-state index contributed by atoms with van der Waals surface area (Å²) in [7, 11) is -1.96. The third kappa shape index (κ3) is 4.38. The highest BCUT2D eigenvalue weighted by Crippen LogP contribution is 2.26. The zero-order valence-electron chi connectivity index (χ0n) is 17.8. The van der Waals surface area contributed by atoms with E-state index in [1.54, 1.807) is 34.5 Å². The summed E-state index contributed by atoms with van der Waals surface area (Å²) >= 11 is 1.19. The van der Waals surface area contributed by atoms with Crippen molar-refractivity contribution >= 4 is 49.0 Å². The highest BCUT2D eigenvalue weighted by molar-refractivity contribution is 7.93. The molecule has 170 valence electrons. The Morgan fingerprint density at radius 1 is 1.09 bits per heavy atom. The van der Waals surface area contributed by atoms with E-state index in [0.29, 0.717) is 27.8 Å².